The molecule has 0 bridgehead atoms. The van der Waals surface area contributed by atoms with Crippen LogP contribution < -0.4 is 0 Å². The molecule has 0 aliphatic heterocycles. The third kappa shape index (κ3) is 1.49. The molecule has 2 aromatic heterocycles. The highest BCUT2D eigenvalue weighted by molar-refractivity contribution is 5.76. The molecule has 13 heavy (non-hydrogen) atoms. The van der Waals surface area contributed by atoms with Crippen molar-refractivity contribution in [2.75, 3.05) is 0 Å². The lowest BCUT2D eigenvalue weighted by molar-refractivity contribution is 1.15. The lowest BCUT2D eigenvalue weighted by atomic mass is 10.1. The van der Waals surface area contributed by atoms with Crippen molar-refractivity contribution in [2.24, 2.45) is 0 Å². The summed E-state index contributed by atoms with van der Waals surface area (Å²) in [7, 11) is 0. The van der Waals surface area contributed by atoms with Gasteiger partial charge in [0, 0.05) is 30.4 Å². The maximum absolute atomic E-state index is 3.97. The van der Waals surface area contributed by atoms with E-state index in [-0.39, 0.29) is 0 Å². The molecule has 2 heterocycles. The van der Waals surface area contributed by atoms with Gasteiger partial charge < -0.3 is 4.98 Å². The third-order valence-electron chi connectivity index (χ3n) is 1.86. The van der Waals surface area contributed by atoms with E-state index in [1.165, 1.54) is 6.33 Å². The Bertz CT molecular complexity index is 389. The molecule has 0 fully saturated rings. The Morgan fingerprint density at radius 2 is 2.00 bits per heavy atom. The molecule has 1 N–H and O–H groups in total. The lowest BCUT2D eigenvalue weighted by Crippen LogP contribution is -1.86. The summed E-state index contributed by atoms with van der Waals surface area (Å²) in [5, 5.41) is 0. The fourth-order valence-corrected chi connectivity index (χ4v) is 1.13. The predicted octanol–water partition coefficient (Wildman–Crippen LogP) is 1.87. The van der Waals surface area contributed by atoms with E-state index in [0.29, 0.717) is 0 Å². The van der Waals surface area contributed by atoms with Crippen LogP contribution in [0.15, 0.2) is 43.8 Å². The fraction of sp³-hybridized carbons (Fsp3) is 0. The summed E-state index contributed by atoms with van der Waals surface area (Å²) >= 11 is 0. The predicted molar refractivity (Wildman–Crippen MR) is 51.0 cm³/mol. The molecule has 0 aliphatic rings. The maximum atomic E-state index is 3.97. The molecule has 0 aliphatic carbocycles. The van der Waals surface area contributed by atoms with Crippen molar-refractivity contribution >= 4 is 5.57 Å². The van der Waals surface area contributed by atoms with Gasteiger partial charge in [-0.15, -0.1) is 0 Å². The van der Waals surface area contributed by atoms with Crippen LogP contribution in [0.3, 0.4) is 0 Å². The summed E-state index contributed by atoms with van der Waals surface area (Å²) in [5.41, 5.74) is 2.94. The number of hydrogen-bond donors (Lipinski definition) is 1. The van der Waals surface area contributed by atoms with Crippen molar-refractivity contribution < 1.29 is 0 Å². The van der Waals surface area contributed by atoms with Crippen molar-refractivity contribution in [3.05, 3.63) is 54.9 Å². The number of aromatic nitrogens is 3. The molecule has 0 amide bonds. The number of hydrogen-bond acceptors (Lipinski definition) is 2. The summed E-state index contributed by atoms with van der Waals surface area (Å²) in [6, 6.07) is 1.97. The van der Waals surface area contributed by atoms with Crippen LogP contribution in [-0.2, 0) is 0 Å². The molecule has 0 spiro atoms. The van der Waals surface area contributed by atoms with Gasteiger partial charge in [0.1, 0.15) is 6.33 Å². The largest absolute Gasteiger partial charge is 0.367 e. The van der Waals surface area contributed by atoms with Gasteiger partial charge in [-0.1, -0.05) is 6.58 Å². The molecule has 0 unspecified atom stereocenters. The van der Waals surface area contributed by atoms with Gasteiger partial charge in [-0.2, -0.15) is 0 Å². The Hall–Kier alpha value is -1.90. The number of aromatic amines is 1. The quantitative estimate of drug-likeness (QED) is 0.749. The molecule has 0 saturated carbocycles. The first kappa shape index (κ1) is 7.73. The summed E-state index contributed by atoms with van der Waals surface area (Å²) < 4.78 is 0. The van der Waals surface area contributed by atoms with Gasteiger partial charge in [0.15, 0.2) is 0 Å². The average molecular weight is 171 g/mol. The number of nitrogens with zero attached hydrogens (tertiary/aromatic N) is 2. The zero-order valence-electron chi connectivity index (χ0n) is 7.07. The van der Waals surface area contributed by atoms with Gasteiger partial charge in [-0.3, -0.25) is 0 Å². The Kier molecular flexibility index (Phi) is 1.92. The van der Waals surface area contributed by atoms with E-state index in [2.05, 4.69) is 21.5 Å². The van der Waals surface area contributed by atoms with E-state index in [1.807, 2.05) is 18.5 Å². The van der Waals surface area contributed by atoms with Crippen molar-refractivity contribution in [1.29, 1.82) is 0 Å². The zero-order valence-corrected chi connectivity index (χ0v) is 7.07. The van der Waals surface area contributed by atoms with Gasteiger partial charge in [-0.25, -0.2) is 9.97 Å². The van der Waals surface area contributed by atoms with Crippen molar-refractivity contribution in [2.45, 2.75) is 0 Å². The molecule has 2 aromatic rings. The highest BCUT2D eigenvalue weighted by Gasteiger charge is 2.01. The second kappa shape index (κ2) is 3.23. The zero-order chi connectivity index (χ0) is 9.10. The first-order valence-electron chi connectivity index (χ1n) is 3.95. The number of rotatable bonds is 2. The molecule has 0 saturated heterocycles. The van der Waals surface area contributed by atoms with E-state index < -0.39 is 0 Å². The Morgan fingerprint density at radius 3 is 2.62 bits per heavy atom. The molecule has 2 rings (SSSR count). The molecule has 0 atom stereocenters. The van der Waals surface area contributed by atoms with E-state index >= 15 is 0 Å². The van der Waals surface area contributed by atoms with E-state index in [1.54, 1.807) is 12.4 Å². The SMILES string of the molecule is C=C(c1cncnc1)c1cc[nH]c1. The second-order valence-corrected chi connectivity index (χ2v) is 2.71. The van der Waals surface area contributed by atoms with Crippen molar-refractivity contribution in [1.82, 2.24) is 15.0 Å². The highest BCUT2D eigenvalue weighted by atomic mass is 14.8. The van der Waals surface area contributed by atoms with Crippen LogP contribution in [0, 0.1) is 0 Å². The van der Waals surface area contributed by atoms with Gasteiger partial charge in [0.05, 0.1) is 0 Å². The standard InChI is InChI=1S/C10H9N3/c1-8(9-2-3-11-4-9)10-5-12-7-13-6-10/h2-7,11H,1H2. The minimum Gasteiger partial charge on any atom is -0.367 e. The fourth-order valence-electron chi connectivity index (χ4n) is 1.13. The molecule has 3 nitrogen and oxygen atoms in total. The van der Waals surface area contributed by atoms with Gasteiger partial charge >= 0.3 is 0 Å². The summed E-state index contributed by atoms with van der Waals surface area (Å²) in [6.07, 6.45) is 8.78. The number of H-pyrrole nitrogens is 1. The maximum Gasteiger partial charge on any atom is 0.115 e. The van der Waals surface area contributed by atoms with E-state index in [0.717, 1.165) is 16.7 Å². The third-order valence-corrected chi connectivity index (χ3v) is 1.86. The van der Waals surface area contributed by atoms with E-state index in [4.69, 9.17) is 0 Å². The normalized spacial score (nSPS) is 9.85. The molecular formula is C10H9N3. The molecule has 3 heteroatoms. The number of nitrogens with one attached hydrogen (secondary N) is 1. The molecule has 64 valence electrons. The van der Waals surface area contributed by atoms with Crippen LogP contribution in [0.2, 0.25) is 0 Å². The Labute approximate surface area is 76.2 Å². The molecule has 0 aromatic carbocycles. The lowest BCUT2D eigenvalue weighted by Gasteiger charge is -2.00. The Morgan fingerprint density at radius 1 is 1.23 bits per heavy atom. The molecule has 0 radical (unpaired) electrons. The summed E-state index contributed by atoms with van der Waals surface area (Å²) in [4.78, 5) is 10.8. The van der Waals surface area contributed by atoms with Crippen LogP contribution in [0.5, 0.6) is 0 Å². The summed E-state index contributed by atoms with van der Waals surface area (Å²) in [5.74, 6) is 0. The van der Waals surface area contributed by atoms with Crippen LogP contribution in [0.25, 0.3) is 5.57 Å². The van der Waals surface area contributed by atoms with Crippen LogP contribution >= 0.6 is 0 Å². The minimum absolute atomic E-state index is 0.932. The second-order valence-electron chi connectivity index (χ2n) is 2.71. The van der Waals surface area contributed by atoms with Gasteiger partial charge in [0.2, 0.25) is 0 Å². The first-order chi connectivity index (χ1) is 6.38. The smallest absolute Gasteiger partial charge is 0.115 e. The van der Waals surface area contributed by atoms with Gasteiger partial charge in [-0.05, 0) is 17.2 Å². The van der Waals surface area contributed by atoms with Crippen LogP contribution in [0.1, 0.15) is 11.1 Å². The Balaban J connectivity index is 2.34. The van der Waals surface area contributed by atoms with Crippen LogP contribution in [-0.4, -0.2) is 15.0 Å². The van der Waals surface area contributed by atoms with Crippen molar-refractivity contribution in [3.63, 3.8) is 0 Å². The molecular weight excluding hydrogens is 162 g/mol. The van der Waals surface area contributed by atoms with E-state index in [9.17, 15) is 0 Å². The average Bonchev–Trinajstić information content (AvgIpc) is 2.71. The van der Waals surface area contributed by atoms with Crippen molar-refractivity contribution in [3.8, 4) is 0 Å². The van der Waals surface area contributed by atoms with Gasteiger partial charge in [0.25, 0.3) is 0 Å². The monoisotopic (exact) mass is 171 g/mol. The minimum atomic E-state index is 0.932. The summed E-state index contributed by atoms with van der Waals surface area (Å²) in [6.45, 7) is 3.97. The highest BCUT2D eigenvalue weighted by Crippen LogP contribution is 2.18. The first-order valence-corrected chi connectivity index (χ1v) is 3.95. The van der Waals surface area contributed by atoms with Crippen LogP contribution in [0.4, 0.5) is 0 Å². The topological polar surface area (TPSA) is 41.6 Å².